The van der Waals surface area contributed by atoms with Crippen LogP contribution in [0, 0.1) is 23.2 Å². The normalized spacial score (nSPS) is 37.5. The van der Waals surface area contributed by atoms with Crippen LogP contribution in [0.1, 0.15) is 33.1 Å². The maximum atomic E-state index is 12.9. The number of aliphatic hydroxyl groups excluding tert-OH is 1. The number of piperazine rings is 1. The molecule has 2 saturated heterocycles. The van der Waals surface area contributed by atoms with Crippen LogP contribution in [0.5, 0.6) is 0 Å². The van der Waals surface area contributed by atoms with E-state index >= 15 is 0 Å². The molecule has 5 rings (SSSR count). The number of hydrogen-bond donors (Lipinski definition) is 2. The van der Waals surface area contributed by atoms with Crippen molar-refractivity contribution in [2.24, 2.45) is 23.2 Å². The summed E-state index contributed by atoms with van der Waals surface area (Å²) in [5.41, 5.74) is 2.13. The van der Waals surface area contributed by atoms with Crippen LogP contribution in [-0.4, -0.2) is 56.0 Å². The average molecular weight is 480 g/mol. The number of esters is 1. The Labute approximate surface area is 200 Å². The van der Waals surface area contributed by atoms with Crippen LogP contribution in [0.2, 0.25) is 10.0 Å². The SMILES string of the molecule is C[C@H]1CCC=C2C[C@H]3OC(=O)[C@@H](C[NH+]4CCN(c5ccc(Cl)c(Cl)c5)CC4)[C@H]3[C@@H](O)[C@@]21C. The molecule has 2 aliphatic carbocycles. The van der Waals surface area contributed by atoms with Crippen LogP contribution >= 0.6 is 23.2 Å². The van der Waals surface area contributed by atoms with E-state index in [-0.39, 0.29) is 29.3 Å². The van der Waals surface area contributed by atoms with Gasteiger partial charge in [0.2, 0.25) is 0 Å². The minimum Gasteiger partial charge on any atom is -0.461 e. The quantitative estimate of drug-likeness (QED) is 0.516. The summed E-state index contributed by atoms with van der Waals surface area (Å²) in [6, 6.07) is 5.77. The lowest BCUT2D eigenvalue weighted by Gasteiger charge is -2.51. The molecule has 1 aromatic carbocycles. The predicted molar refractivity (Wildman–Crippen MR) is 126 cm³/mol. The molecule has 3 fully saturated rings. The number of nitrogens with one attached hydrogen (secondary N) is 1. The Hall–Kier alpha value is -1.27. The molecule has 4 aliphatic rings. The molecule has 7 heteroatoms. The third-order valence-corrected chi connectivity index (χ3v) is 9.56. The Kier molecular flexibility index (Phi) is 5.98. The van der Waals surface area contributed by atoms with Gasteiger partial charge in [0.1, 0.15) is 12.0 Å². The number of carbonyl (C=O) groups is 1. The zero-order chi connectivity index (χ0) is 22.6. The largest absolute Gasteiger partial charge is 0.461 e. The topological polar surface area (TPSA) is 54.2 Å². The molecule has 0 unspecified atom stereocenters. The number of carbonyl (C=O) groups excluding carboxylic acids is 1. The molecule has 1 saturated carbocycles. The van der Waals surface area contributed by atoms with Gasteiger partial charge < -0.3 is 19.6 Å². The van der Waals surface area contributed by atoms with Crippen molar-refractivity contribution in [2.75, 3.05) is 37.6 Å². The van der Waals surface area contributed by atoms with Crippen molar-refractivity contribution in [1.82, 2.24) is 0 Å². The number of quaternary nitrogens is 1. The summed E-state index contributed by atoms with van der Waals surface area (Å²) >= 11 is 12.3. The van der Waals surface area contributed by atoms with Gasteiger partial charge in [-0.3, -0.25) is 4.79 Å². The first kappa shape index (κ1) is 22.5. The molecular weight excluding hydrogens is 447 g/mol. The number of nitrogens with zero attached hydrogens (tertiary/aromatic N) is 1. The Bertz CT molecular complexity index is 930. The number of ether oxygens (including phenoxy) is 1. The zero-order valence-corrected chi connectivity index (χ0v) is 20.3. The van der Waals surface area contributed by atoms with Crippen LogP contribution < -0.4 is 9.80 Å². The monoisotopic (exact) mass is 479 g/mol. The first-order chi connectivity index (χ1) is 15.3. The van der Waals surface area contributed by atoms with Gasteiger partial charge in [-0.05, 0) is 37.0 Å². The van der Waals surface area contributed by atoms with Crippen molar-refractivity contribution >= 4 is 34.9 Å². The number of rotatable bonds is 3. The number of fused-ring (bicyclic) bond motifs is 2. The van der Waals surface area contributed by atoms with Crippen LogP contribution in [0.15, 0.2) is 29.8 Å². The lowest BCUT2D eigenvalue weighted by molar-refractivity contribution is -0.903. The molecule has 0 spiro atoms. The first-order valence-corrected chi connectivity index (χ1v) is 12.7. The molecule has 174 valence electrons. The van der Waals surface area contributed by atoms with Crippen molar-refractivity contribution < 1.29 is 19.5 Å². The number of benzene rings is 1. The van der Waals surface area contributed by atoms with Gasteiger partial charge in [0, 0.05) is 23.4 Å². The maximum Gasteiger partial charge on any atom is 0.315 e. The van der Waals surface area contributed by atoms with Crippen LogP contribution in [-0.2, 0) is 9.53 Å². The minimum atomic E-state index is -0.531. The van der Waals surface area contributed by atoms with E-state index in [4.69, 9.17) is 27.9 Å². The summed E-state index contributed by atoms with van der Waals surface area (Å²) in [6.07, 6.45) is 4.51. The van der Waals surface area contributed by atoms with Crippen LogP contribution in [0.25, 0.3) is 0 Å². The zero-order valence-electron chi connectivity index (χ0n) is 18.8. The smallest absolute Gasteiger partial charge is 0.315 e. The highest BCUT2D eigenvalue weighted by Gasteiger charge is 2.60. The van der Waals surface area contributed by atoms with E-state index in [1.54, 1.807) is 0 Å². The van der Waals surface area contributed by atoms with E-state index in [2.05, 4.69) is 24.8 Å². The van der Waals surface area contributed by atoms with Crippen LogP contribution in [0.4, 0.5) is 5.69 Å². The third kappa shape index (κ3) is 3.66. The minimum absolute atomic E-state index is 0.106. The van der Waals surface area contributed by atoms with E-state index in [0.717, 1.165) is 57.7 Å². The number of hydrogen-bond acceptors (Lipinski definition) is 4. The molecule has 0 amide bonds. The number of aliphatic hydroxyl groups is 1. The van der Waals surface area contributed by atoms with Gasteiger partial charge in [0.05, 0.1) is 48.9 Å². The molecule has 0 radical (unpaired) electrons. The summed E-state index contributed by atoms with van der Waals surface area (Å²) in [4.78, 5) is 16.6. The fourth-order valence-corrected chi connectivity index (χ4v) is 6.87. The summed E-state index contributed by atoms with van der Waals surface area (Å²) < 4.78 is 5.84. The van der Waals surface area contributed by atoms with E-state index in [9.17, 15) is 9.90 Å². The highest BCUT2D eigenvalue weighted by molar-refractivity contribution is 6.42. The fraction of sp³-hybridized carbons (Fsp3) is 0.640. The van der Waals surface area contributed by atoms with Gasteiger partial charge in [-0.2, -0.15) is 0 Å². The molecule has 6 atom stereocenters. The summed E-state index contributed by atoms with van der Waals surface area (Å²) in [7, 11) is 0. The molecule has 2 heterocycles. The fourth-order valence-electron chi connectivity index (χ4n) is 6.57. The molecule has 2 aliphatic heterocycles. The predicted octanol–water partition coefficient (Wildman–Crippen LogP) is 2.98. The number of halogens is 2. The highest BCUT2D eigenvalue weighted by Crippen LogP contribution is 2.55. The average Bonchev–Trinajstić information content (AvgIpc) is 3.08. The maximum absolute atomic E-state index is 12.9. The molecule has 32 heavy (non-hydrogen) atoms. The van der Waals surface area contributed by atoms with Gasteiger partial charge in [0.25, 0.3) is 0 Å². The molecule has 0 aromatic heterocycles. The molecular formula is C25H33Cl2N2O3+. The lowest BCUT2D eigenvalue weighted by Crippen LogP contribution is -3.15. The summed E-state index contributed by atoms with van der Waals surface area (Å²) in [5, 5.41) is 12.7. The second-order valence-corrected chi connectivity index (χ2v) is 11.2. The Balaban J connectivity index is 1.27. The van der Waals surface area contributed by atoms with Crippen molar-refractivity contribution in [3.63, 3.8) is 0 Å². The van der Waals surface area contributed by atoms with Gasteiger partial charge in [-0.25, -0.2) is 0 Å². The molecule has 0 bridgehead atoms. The van der Waals surface area contributed by atoms with Gasteiger partial charge in [0.15, 0.2) is 0 Å². The summed E-state index contributed by atoms with van der Waals surface area (Å²) in [5.74, 6) is -0.0364. The molecule has 1 aromatic rings. The third-order valence-electron chi connectivity index (χ3n) is 8.82. The van der Waals surface area contributed by atoms with Gasteiger partial charge >= 0.3 is 5.97 Å². The van der Waals surface area contributed by atoms with Gasteiger partial charge in [-0.15, -0.1) is 0 Å². The second kappa shape index (κ2) is 8.50. The van der Waals surface area contributed by atoms with Gasteiger partial charge in [-0.1, -0.05) is 48.7 Å². The van der Waals surface area contributed by atoms with E-state index in [1.807, 2.05) is 18.2 Å². The van der Waals surface area contributed by atoms with Crippen molar-refractivity contribution in [3.05, 3.63) is 39.9 Å². The van der Waals surface area contributed by atoms with E-state index in [1.165, 1.54) is 10.5 Å². The lowest BCUT2D eigenvalue weighted by atomic mass is 9.55. The Morgan fingerprint density at radius 3 is 2.72 bits per heavy atom. The standard InChI is InChI=1S/C25H32Cl2N2O3/c1-15-4-3-5-16-12-21-22(23(30)25(15,16)2)18(24(31)32-21)14-28-8-10-29(11-9-28)17-6-7-19(26)20(27)13-17/h5-7,13,15,18,21-23,30H,3-4,8-12,14H2,1-2H3/p+1/t15-,18-,21+,22+,23+,25+/m0/s1. The second-order valence-electron chi connectivity index (χ2n) is 10.3. The molecule has 5 nitrogen and oxygen atoms in total. The van der Waals surface area contributed by atoms with E-state index < -0.39 is 6.10 Å². The highest BCUT2D eigenvalue weighted by atomic mass is 35.5. The number of allylic oxidation sites excluding steroid dienone is 1. The van der Waals surface area contributed by atoms with Crippen molar-refractivity contribution in [2.45, 2.75) is 45.3 Å². The van der Waals surface area contributed by atoms with Crippen molar-refractivity contribution in [1.29, 1.82) is 0 Å². The van der Waals surface area contributed by atoms with E-state index in [0.29, 0.717) is 16.0 Å². The Morgan fingerprint density at radius 2 is 2.00 bits per heavy atom. The Morgan fingerprint density at radius 1 is 1.25 bits per heavy atom. The van der Waals surface area contributed by atoms with Crippen molar-refractivity contribution in [3.8, 4) is 0 Å². The molecule has 2 N–H and O–H groups in total. The number of anilines is 1. The summed E-state index contributed by atoms with van der Waals surface area (Å²) in [6.45, 7) is 8.85. The first-order valence-electron chi connectivity index (χ1n) is 11.9. The van der Waals surface area contributed by atoms with Crippen LogP contribution in [0.3, 0.4) is 0 Å².